The van der Waals surface area contributed by atoms with E-state index in [9.17, 15) is 0 Å². The molecule has 2 aromatic carbocycles. The van der Waals surface area contributed by atoms with Gasteiger partial charge in [-0.15, -0.1) is 0 Å². The van der Waals surface area contributed by atoms with Gasteiger partial charge in [-0.3, -0.25) is 4.90 Å². The molecular weight excluding hydrogens is 348 g/mol. The Bertz CT molecular complexity index is 953. The SMILES string of the molecule is COC[C@@H]1CCCN1Cc1cc2ccc(C)cc2nc1-c1ccc(OC)cc1. The topological polar surface area (TPSA) is 34.6 Å². The van der Waals surface area contributed by atoms with Crippen LogP contribution < -0.4 is 4.74 Å². The summed E-state index contributed by atoms with van der Waals surface area (Å²) in [6.07, 6.45) is 2.43. The standard InChI is InChI=1S/C24H28N2O2/c1-17-6-7-19-14-20(15-26-12-4-5-21(26)16-27-2)24(25-23(19)13-17)18-8-10-22(28-3)11-9-18/h6-11,13-14,21H,4-5,12,15-16H2,1-3H3/t21-/m0/s1. The number of nitrogens with zero attached hydrogens (tertiary/aromatic N) is 2. The molecule has 0 amide bonds. The fourth-order valence-electron chi connectivity index (χ4n) is 4.14. The number of aromatic nitrogens is 1. The summed E-state index contributed by atoms with van der Waals surface area (Å²) in [5, 5.41) is 1.19. The van der Waals surface area contributed by atoms with Crippen LogP contribution in [0.25, 0.3) is 22.2 Å². The third-order valence-electron chi connectivity index (χ3n) is 5.65. The number of methoxy groups -OCH3 is 2. The molecule has 1 fully saturated rings. The number of likely N-dealkylation sites (tertiary alicyclic amines) is 1. The Balaban J connectivity index is 1.77. The monoisotopic (exact) mass is 376 g/mol. The second kappa shape index (κ2) is 8.29. The van der Waals surface area contributed by atoms with Gasteiger partial charge in [-0.1, -0.05) is 12.1 Å². The van der Waals surface area contributed by atoms with E-state index in [4.69, 9.17) is 14.5 Å². The lowest BCUT2D eigenvalue weighted by atomic mass is 10.0. The van der Waals surface area contributed by atoms with Crippen molar-refractivity contribution in [3.05, 3.63) is 59.7 Å². The van der Waals surface area contributed by atoms with E-state index in [2.05, 4.69) is 48.2 Å². The first kappa shape index (κ1) is 18.9. The van der Waals surface area contributed by atoms with Gasteiger partial charge in [-0.25, -0.2) is 4.98 Å². The average molecular weight is 377 g/mol. The molecule has 1 saturated heterocycles. The summed E-state index contributed by atoms with van der Waals surface area (Å²) in [5.41, 5.74) is 5.73. The molecule has 0 radical (unpaired) electrons. The Morgan fingerprint density at radius 1 is 1.07 bits per heavy atom. The second-order valence-electron chi connectivity index (χ2n) is 7.64. The van der Waals surface area contributed by atoms with Gasteiger partial charge in [0.25, 0.3) is 0 Å². The van der Waals surface area contributed by atoms with Gasteiger partial charge in [-0.05, 0) is 73.8 Å². The highest BCUT2D eigenvalue weighted by Crippen LogP contribution is 2.30. The molecule has 1 aliphatic heterocycles. The first-order chi connectivity index (χ1) is 13.7. The van der Waals surface area contributed by atoms with Gasteiger partial charge in [-0.2, -0.15) is 0 Å². The lowest BCUT2D eigenvalue weighted by Gasteiger charge is -2.25. The van der Waals surface area contributed by atoms with Crippen LogP contribution in [0.5, 0.6) is 5.75 Å². The summed E-state index contributed by atoms with van der Waals surface area (Å²) in [6.45, 7) is 4.91. The van der Waals surface area contributed by atoms with E-state index in [0.29, 0.717) is 6.04 Å². The van der Waals surface area contributed by atoms with E-state index < -0.39 is 0 Å². The molecule has 4 nitrogen and oxygen atoms in total. The van der Waals surface area contributed by atoms with Crippen LogP contribution in [0.4, 0.5) is 0 Å². The summed E-state index contributed by atoms with van der Waals surface area (Å²) in [6, 6.07) is 17.5. The van der Waals surface area contributed by atoms with Gasteiger partial charge in [0, 0.05) is 30.6 Å². The smallest absolute Gasteiger partial charge is 0.118 e. The van der Waals surface area contributed by atoms with E-state index in [1.807, 2.05) is 12.1 Å². The zero-order valence-corrected chi connectivity index (χ0v) is 16.9. The first-order valence-corrected chi connectivity index (χ1v) is 9.95. The van der Waals surface area contributed by atoms with Crippen LogP contribution in [0.1, 0.15) is 24.0 Å². The second-order valence-corrected chi connectivity index (χ2v) is 7.64. The first-order valence-electron chi connectivity index (χ1n) is 9.95. The molecule has 4 rings (SSSR count). The van der Waals surface area contributed by atoms with Crippen molar-refractivity contribution in [1.29, 1.82) is 0 Å². The predicted molar refractivity (Wildman–Crippen MR) is 114 cm³/mol. The van der Waals surface area contributed by atoms with Crippen molar-refractivity contribution in [2.75, 3.05) is 27.4 Å². The van der Waals surface area contributed by atoms with E-state index in [1.54, 1.807) is 14.2 Å². The Morgan fingerprint density at radius 2 is 1.89 bits per heavy atom. The summed E-state index contributed by atoms with van der Waals surface area (Å²) in [7, 11) is 3.49. The van der Waals surface area contributed by atoms with E-state index in [-0.39, 0.29) is 0 Å². The molecule has 28 heavy (non-hydrogen) atoms. The van der Waals surface area contributed by atoms with Gasteiger partial charge >= 0.3 is 0 Å². The Kier molecular flexibility index (Phi) is 5.60. The highest BCUT2D eigenvalue weighted by Gasteiger charge is 2.25. The van der Waals surface area contributed by atoms with E-state index in [1.165, 1.54) is 29.4 Å². The number of ether oxygens (including phenoxy) is 2. The van der Waals surface area contributed by atoms with Crippen LogP contribution in [0.2, 0.25) is 0 Å². The zero-order valence-electron chi connectivity index (χ0n) is 16.9. The van der Waals surface area contributed by atoms with Gasteiger partial charge in [0.15, 0.2) is 0 Å². The number of hydrogen-bond acceptors (Lipinski definition) is 4. The molecule has 0 aliphatic carbocycles. The normalized spacial score (nSPS) is 17.3. The van der Waals surface area contributed by atoms with Crippen LogP contribution >= 0.6 is 0 Å². The molecular formula is C24H28N2O2. The van der Waals surface area contributed by atoms with E-state index >= 15 is 0 Å². The molecule has 0 N–H and O–H groups in total. The number of fused-ring (bicyclic) bond motifs is 1. The third-order valence-corrected chi connectivity index (χ3v) is 5.65. The van der Waals surface area contributed by atoms with Crippen molar-refractivity contribution in [3.63, 3.8) is 0 Å². The maximum absolute atomic E-state index is 5.45. The summed E-state index contributed by atoms with van der Waals surface area (Å²) >= 11 is 0. The minimum Gasteiger partial charge on any atom is -0.497 e. The van der Waals surface area contributed by atoms with Crippen molar-refractivity contribution in [1.82, 2.24) is 9.88 Å². The number of hydrogen-bond donors (Lipinski definition) is 0. The van der Waals surface area contributed by atoms with Crippen LogP contribution in [-0.4, -0.2) is 43.3 Å². The quantitative estimate of drug-likeness (QED) is 0.617. The van der Waals surface area contributed by atoms with Crippen molar-refractivity contribution in [3.8, 4) is 17.0 Å². The number of benzene rings is 2. The molecule has 1 atom stereocenters. The molecule has 1 aliphatic rings. The summed E-state index contributed by atoms with van der Waals surface area (Å²) in [4.78, 5) is 7.61. The number of pyridine rings is 1. The van der Waals surface area contributed by atoms with Gasteiger partial charge < -0.3 is 9.47 Å². The van der Waals surface area contributed by atoms with Crippen molar-refractivity contribution in [2.45, 2.75) is 32.4 Å². The Morgan fingerprint density at radius 3 is 2.64 bits per heavy atom. The molecule has 146 valence electrons. The molecule has 0 spiro atoms. The molecule has 0 unspecified atom stereocenters. The van der Waals surface area contributed by atoms with Gasteiger partial charge in [0.05, 0.1) is 24.9 Å². The van der Waals surface area contributed by atoms with Gasteiger partial charge in [0.1, 0.15) is 5.75 Å². The zero-order chi connectivity index (χ0) is 19.5. The fraction of sp³-hybridized carbons (Fsp3) is 0.375. The summed E-state index contributed by atoms with van der Waals surface area (Å²) < 4.78 is 10.8. The van der Waals surface area contributed by atoms with Crippen LogP contribution in [0.15, 0.2) is 48.5 Å². The molecule has 4 heteroatoms. The fourth-order valence-corrected chi connectivity index (χ4v) is 4.14. The minimum atomic E-state index is 0.488. The third kappa shape index (κ3) is 3.89. The lowest BCUT2D eigenvalue weighted by molar-refractivity contribution is 0.112. The minimum absolute atomic E-state index is 0.488. The maximum Gasteiger partial charge on any atom is 0.118 e. The molecule has 2 heterocycles. The van der Waals surface area contributed by atoms with Crippen LogP contribution in [0.3, 0.4) is 0 Å². The number of aryl methyl sites for hydroxylation is 1. The maximum atomic E-state index is 5.45. The lowest BCUT2D eigenvalue weighted by Crippen LogP contribution is -2.32. The molecule has 3 aromatic rings. The number of rotatable bonds is 6. The largest absolute Gasteiger partial charge is 0.497 e. The molecule has 0 bridgehead atoms. The summed E-state index contributed by atoms with van der Waals surface area (Å²) in [5.74, 6) is 0.863. The van der Waals surface area contributed by atoms with E-state index in [0.717, 1.165) is 42.2 Å². The Hall–Kier alpha value is -2.43. The van der Waals surface area contributed by atoms with Crippen molar-refractivity contribution >= 4 is 10.9 Å². The van der Waals surface area contributed by atoms with Crippen molar-refractivity contribution in [2.24, 2.45) is 0 Å². The van der Waals surface area contributed by atoms with Crippen LogP contribution in [-0.2, 0) is 11.3 Å². The van der Waals surface area contributed by atoms with Gasteiger partial charge in [0.2, 0.25) is 0 Å². The van der Waals surface area contributed by atoms with Crippen molar-refractivity contribution < 1.29 is 9.47 Å². The predicted octanol–water partition coefficient (Wildman–Crippen LogP) is 4.83. The molecule has 0 saturated carbocycles. The Labute approximate surface area is 167 Å². The average Bonchev–Trinajstić information content (AvgIpc) is 3.15. The van der Waals surface area contributed by atoms with Crippen LogP contribution in [0, 0.1) is 6.92 Å². The molecule has 1 aromatic heterocycles. The highest BCUT2D eigenvalue weighted by atomic mass is 16.5. The highest BCUT2D eigenvalue weighted by molar-refractivity contribution is 5.84.